The van der Waals surface area contributed by atoms with Crippen LogP contribution in [0.4, 0.5) is 0 Å². The first-order valence-corrected chi connectivity index (χ1v) is 4.11. The van der Waals surface area contributed by atoms with Gasteiger partial charge in [-0.1, -0.05) is 12.1 Å². The fourth-order valence-corrected chi connectivity index (χ4v) is 0.909. The first kappa shape index (κ1) is 9.93. The summed E-state index contributed by atoms with van der Waals surface area (Å²) >= 11 is 0. The molecule has 1 aromatic rings. The Kier molecular flexibility index (Phi) is 3.89. The van der Waals surface area contributed by atoms with Crippen molar-refractivity contribution >= 4 is 5.84 Å². The van der Waals surface area contributed by atoms with Crippen LogP contribution in [0.2, 0.25) is 0 Å². The number of pyridine rings is 1. The summed E-state index contributed by atoms with van der Waals surface area (Å²) in [5.41, 5.74) is 0.649. The number of aromatic nitrogens is 1. The smallest absolute Gasteiger partial charge is 0.207 e. The van der Waals surface area contributed by atoms with Gasteiger partial charge in [-0.05, 0) is 12.1 Å². The van der Waals surface area contributed by atoms with Gasteiger partial charge in [0.15, 0.2) is 5.84 Å². The highest BCUT2D eigenvalue weighted by Gasteiger charge is 2.01. The summed E-state index contributed by atoms with van der Waals surface area (Å²) in [6.45, 7) is 4.12. The zero-order valence-corrected chi connectivity index (χ0v) is 7.64. The van der Waals surface area contributed by atoms with Gasteiger partial charge in [0.05, 0.1) is 0 Å². The summed E-state index contributed by atoms with van der Waals surface area (Å²) < 4.78 is 0. The van der Waals surface area contributed by atoms with Gasteiger partial charge in [0.25, 0.3) is 0 Å². The maximum absolute atomic E-state index is 8.47. The maximum atomic E-state index is 8.47. The third-order valence-corrected chi connectivity index (χ3v) is 1.48. The lowest BCUT2D eigenvalue weighted by Crippen LogP contribution is -2.25. The first-order valence-electron chi connectivity index (χ1n) is 4.11. The number of nitriles is 1. The summed E-state index contributed by atoms with van der Waals surface area (Å²) in [5, 5.41) is 11.4. The number of rotatable bonds is 3. The fraction of sp³-hybridized carbons (Fsp3) is 0.100. The third kappa shape index (κ3) is 2.72. The van der Waals surface area contributed by atoms with E-state index in [9.17, 15) is 0 Å². The average Bonchev–Trinajstić information content (AvgIpc) is 2.25. The Morgan fingerprint density at radius 1 is 1.71 bits per heavy atom. The standard InChI is InChI=1S/C10H10N4/c1-2-6-13-10(14-8-11)9-5-3-4-7-12-9/h2-5,7H,1,6H2,(H,13,14). The Morgan fingerprint density at radius 2 is 2.57 bits per heavy atom. The Bertz CT molecular complexity index is 361. The summed E-state index contributed by atoms with van der Waals surface area (Å²) in [7, 11) is 0. The Hall–Kier alpha value is -2.15. The topological polar surface area (TPSA) is 61.1 Å². The van der Waals surface area contributed by atoms with E-state index < -0.39 is 0 Å². The number of hydrogen-bond acceptors (Lipinski definition) is 3. The Labute approximate surface area is 82.6 Å². The molecule has 0 saturated carbocycles. The van der Waals surface area contributed by atoms with Crippen molar-refractivity contribution in [2.24, 2.45) is 4.99 Å². The molecule has 70 valence electrons. The van der Waals surface area contributed by atoms with E-state index in [0.717, 1.165) is 0 Å². The van der Waals surface area contributed by atoms with Gasteiger partial charge in [-0.25, -0.2) is 0 Å². The molecule has 0 bridgehead atoms. The second-order valence-corrected chi connectivity index (χ2v) is 2.44. The molecule has 0 saturated heterocycles. The molecule has 1 rings (SSSR count). The van der Waals surface area contributed by atoms with Crippen molar-refractivity contribution in [3.05, 3.63) is 42.7 Å². The predicted molar refractivity (Wildman–Crippen MR) is 54.6 cm³/mol. The molecule has 0 fully saturated rings. The van der Waals surface area contributed by atoms with Crippen molar-refractivity contribution in [1.29, 1.82) is 5.26 Å². The second kappa shape index (κ2) is 5.49. The van der Waals surface area contributed by atoms with Gasteiger partial charge in [-0.2, -0.15) is 10.3 Å². The highest BCUT2D eigenvalue weighted by atomic mass is 15.0. The van der Waals surface area contributed by atoms with Crippen molar-refractivity contribution in [2.75, 3.05) is 6.54 Å². The van der Waals surface area contributed by atoms with Crippen LogP contribution < -0.4 is 5.32 Å². The number of nitrogens with zero attached hydrogens (tertiary/aromatic N) is 3. The van der Waals surface area contributed by atoms with Crippen molar-refractivity contribution in [1.82, 2.24) is 10.3 Å². The van der Waals surface area contributed by atoms with E-state index in [2.05, 4.69) is 21.9 Å². The van der Waals surface area contributed by atoms with Crippen molar-refractivity contribution in [3.8, 4) is 6.19 Å². The zero-order valence-electron chi connectivity index (χ0n) is 7.64. The van der Waals surface area contributed by atoms with Crippen molar-refractivity contribution < 1.29 is 0 Å². The Balaban J connectivity index is 2.85. The molecular formula is C10H10N4. The van der Waals surface area contributed by atoms with Crippen LogP contribution >= 0.6 is 0 Å². The van der Waals surface area contributed by atoms with Crippen LogP contribution in [-0.4, -0.2) is 17.4 Å². The van der Waals surface area contributed by atoms with E-state index in [-0.39, 0.29) is 0 Å². The molecule has 0 amide bonds. The molecule has 0 aromatic carbocycles. The largest absolute Gasteiger partial charge is 0.364 e. The number of hydrogen-bond donors (Lipinski definition) is 1. The van der Waals surface area contributed by atoms with E-state index in [0.29, 0.717) is 18.1 Å². The molecule has 0 radical (unpaired) electrons. The molecule has 14 heavy (non-hydrogen) atoms. The van der Waals surface area contributed by atoms with Crippen LogP contribution in [-0.2, 0) is 0 Å². The zero-order chi connectivity index (χ0) is 10.2. The lowest BCUT2D eigenvalue weighted by molar-refractivity contribution is 1.03. The number of aliphatic imine (C=N–C) groups is 1. The van der Waals surface area contributed by atoms with E-state index in [1.807, 2.05) is 6.07 Å². The minimum atomic E-state index is 0.466. The van der Waals surface area contributed by atoms with E-state index in [1.165, 1.54) is 0 Å². The number of amidine groups is 1. The van der Waals surface area contributed by atoms with Crippen LogP contribution in [0.1, 0.15) is 5.69 Å². The summed E-state index contributed by atoms with van der Waals surface area (Å²) in [6, 6.07) is 5.43. The number of nitrogens with one attached hydrogen (secondary N) is 1. The predicted octanol–water partition coefficient (Wildman–Crippen LogP) is 1.08. The van der Waals surface area contributed by atoms with Gasteiger partial charge < -0.3 is 5.32 Å². The Morgan fingerprint density at radius 3 is 3.14 bits per heavy atom. The second-order valence-electron chi connectivity index (χ2n) is 2.44. The highest BCUT2D eigenvalue weighted by Crippen LogP contribution is 1.94. The monoisotopic (exact) mass is 186 g/mol. The minimum Gasteiger partial charge on any atom is -0.364 e. The van der Waals surface area contributed by atoms with Gasteiger partial charge in [-0.15, -0.1) is 6.58 Å². The van der Waals surface area contributed by atoms with Crippen LogP contribution in [0.25, 0.3) is 0 Å². The van der Waals surface area contributed by atoms with Crippen LogP contribution in [0.15, 0.2) is 42.0 Å². The van der Waals surface area contributed by atoms with E-state index in [1.54, 1.807) is 30.6 Å². The average molecular weight is 186 g/mol. The molecule has 0 aliphatic carbocycles. The molecule has 0 aliphatic rings. The normalized spacial score (nSPS) is 10.4. The lowest BCUT2D eigenvalue weighted by Gasteiger charge is -2.04. The van der Waals surface area contributed by atoms with Crippen molar-refractivity contribution in [2.45, 2.75) is 0 Å². The summed E-state index contributed by atoms with van der Waals surface area (Å²) in [6.07, 6.45) is 5.07. The van der Waals surface area contributed by atoms with Gasteiger partial charge in [0.1, 0.15) is 5.69 Å². The summed E-state index contributed by atoms with van der Waals surface area (Å²) in [5.74, 6) is 0.466. The molecule has 0 atom stereocenters. The van der Waals surface area contributed by atoms with Gasteiger partial charge in [0.2, 0.25) is 6.19 Å². The van der Waals surface area contributed by atoms with Crippen LogP contribution in [0.3, 0.4) is 0 Å². The quantitative estimate of drug-likeness (QED) is 0.332. The molecule has 0 unspecified atom stereocenters. The molecule has 1 aromatic heterocycles. The van der Waals surface area contributed by atoms with Gasteiger partial charge in [-0.3, -0.25) is 4.98 Å². The van der Waals surface area contributed by atoms with Crippen LogP contribution in [0.5, 0.6) is 0 Å². The van der Waals surface area contributed by atoms with E-state index >= 15 is 0 Å². The molecule has 0 spiro atoms. The van der Waals surface area contributed by atoms with Gasteiger partial charge >= 0.3 is 0 Å². The minimum absolute atomic E-state index is 0.466. The molecule has 4 nitrogen and oxygen atoms in total. The third-order valence-electron chi connectivity index (χ3n) is 1.48. The molecular weight excluding hydrogens is 176 g/mol. The molecule has 4 heteroatoms. The molecule has 1 heterocycles. The first-order chi connectivity index (χ1) is 6.88. The SMILES string of the molecule is C=CCN/C(=N\C#N)c1ccccn1. The lowest BCUT2D eigenvalue weighted by atomic mass is 10.3. The van der Waals surface area contributed by atoms with Crippen molar-refractivity contribution in [3.63, 3.8) is 0 Å². The highest BCUT2D eigenvalue weighted by molar-refractivity contribution is 5.97. The van der Waals surface area contributed by atoms with Crippen LogP contribution in [0, 0.1) is 11.5 Å². The maximum Gasteiger partial charge on any atom is 0.207 e. The molecule has 1 N–H and O–H groups in total. The van der Waals surface area contributed by atoms with Gasteiger partial charge in [0, 0.05) is 12.7 Å². The molecule has 0 aliphatic heterocycles. The summed E-state index contributed by atoms with van der Waals surface area (Å²) in [4.78, 5) is 7.70. The fourth-order valence-electron chi connectivity index (χ4n) is 0.909. The van der Waals surface area contributed by atoms with E-state index in [4.69, 9.17) is 5.26 Å².